The van der Waals surface area contributed by atoms with Gasteiger partial charge in [0.15, 0.2) is 0 Å². The summed E-state index contributed by atoms with van der Waals surface area (Å²) < 4.78 is 0. The number of nitrogens with zero attached hydrogens (tertiary/aromatic N) is 1. The van der Waals surface area contributed by atoms with Crippen LogP contribution in [0.15, 0.2) is 30.3 Å². The number of likely N-dealkylation sites (tertiary alicyclic amines) is 1. The highest BCUT2D eigenvalue weighted by Crippen LogP contribution is 2.31. The molecule has 2 aliphatic heterocycles. The normalized spacial score (nSPS) is 26.8. The Labute approximate surface area is 123 Å². The third kappa shape index (κ3) is 3.07. The molecule has 3 rings (SSSR count). The third-order valence-electron chi connectivity index (χ3n) is 5.25. The summed E-state index contributed by atoms with van der Waals surface area (Å²) in [4.78, 5) is 2.71. The van der Waals surface area contributed by atoms with E-state index in [2.05, 4.69) is 47.5 Å². The molecular formula is C18H28N2. The molecule has 0 aromatic heterocycles. The molecule has 2 atom stereocenters. The fourth-order valence-electron chi connectivity index (χ4n) is 4.13. The molecule has 2 heterocycles. The number of hydrogen-bond donors (Lipinski definition) is 1. The lowest BCUT2D eigenvalue weighted by Crippen LogP contribution is -2.42. The monoisotopic (exact) mass is 272 g/mol. The lowest BCUT2D eigenvalue weighted by Gasteiger charge is -2.39. The maximum atomic E-state index is 3.70. The second-order valence-corrected chi connectivity index (χ2v) is 6.41. The van der Waals surface area contributed by atoms with Gasteiger partial charge in [0.05, 0.1) is 0 Å². The van der Waals surface area contributed by atoms with E-state index in [9.17, 15) is 0 Å². The Bertz CT molecular complexity index is 389. The third-order valence-corrected chi connectivity index (χ3v) is 5.25. The molecule has 2 unspecified atom stereocenters. The van der Waals surface area contributed by atoms with Crippen molar-refractivity contribution in [2.45, 2.75) is 51.1 Å². The molecule has 20 heavy (non-hydrogen) atoms. The fraction of sp³-hybridized carbons (Fsp3) is 0.667. The first-order valence-electron chi connectivity index (χ1n) is 8.41. The fourth-order valence-corrected chi connectivity index (χ4v) is 4.13. The summed E-state index contributed by atoms with van der Waals surface area (Å²) in [6.45, 7) is 6.11. The van der Waals surface area contributed by atoms with E-state index in [1.165, 1.54) is 57.3 Å². The average Bonchev–Trinajstić information content (AvgIpc) is 3.04. The van der Waals surface area contributed by atoms with Crippen LogP contribution in [0.4, 0.5) is 0 Å². The highest BCUT2D eigenvalue weighted by molar-refractivity contribution is 5.19. The minimum atomic E-state index is 0.619. The zero-order valence-electron chi connectivity index (χ0n) is 12.7. The molecule has 0 spiro atoms. The molecule has 1 N–H and O–H groups in total. The predicted molar refractivity (Wildman–Crippen MR) is 84.8 cm³/mol. The van der Waals surface area contributed by atoms with Crippen LogP contribution in [0, 0.1) is 5.92 Å². The zero-order chi connectivity index (χ0) is 13.8. The second-order valence-electron chi connectivity index (χ2n) is 6.41. The molecule has 0 saturated carbocycles. The maximum absolute atomic E-state index is 3.70. The largest absolute Gasteiger partial charge is 0.314 e. The van der Waals surface area contributed by atoms with Gasteiger partial charge in [-0.1, -0.05) is 37.3 Å². The molecule has 2 nitrogen and oxygen atoms in total. The van der Waals surface area contributed by atoms with Gasteiger partial charge in [-0.3, -0.25) is 4.90 Å². The van der Waals surface area contributed by atoms with Crippen molar-refractivity contribution in [3.05, 3.63) is 35.9 Å². The van der Waals surface area contributed by atoms with Crippen LogP contribution < -0.4 is 5.32 Å². The first-order chi connectivity index (χ1) is 9.88. The Hall–Kier alpha value is -0.860. The van der Waals surface area contributed by atoms with Crippen molar-refractivity contribution in [1.82, 2.24) is 10.2 Å². The summed E-state index contributed by atoms with van der Waals surface area (Å²) in [5.74, 6) is 0.919. The lowest BCUT2D eigenvalue weighted by molar-refractivity contribution is 0.116. The maximum Gasteiger partial charge on any atom is 0.0345 e. The van der Waals surface area contributed by atoms with E-state index in [1.54, 1.807) is 0 Å². The lowest BCUT2D eigenvalue weighted by atomic mass is 9.87. The molecule has 2 saturated heterocycles. The molecule has 0 bridgehead atoms. The van der Waals surface area contributed by atoms with Crippen molar-refractivity contribution in [2.24, 2.45) is 5.92 Å². The van der Waals surface area contributed by atoms with Crippen LogP contribution in [0.25, 0.3) is 0 Å². The van der Waals surface area contributed by atoms with Crippen molar-refractivity contribution in [2.75, 3.05) is 19.6 Å². The van der Waals surface area contributed by atoms with E-state index < -0.39 is 0 Å². The Morgan fingerprint density at radius 3 is 2.50 bits per heavy atom. The topological polar surface area (TPSA) is 15.3 Å². The molecule has 0 radical (unpaired) electrons. The van der Waals surface area contributed by atoms with Crippen LogP contribution in [-0.4, -0.2) is 30.6 Å². The summed E-state index contributed by atoms with van der Waals surface area (Å²) in [7, 11) is 0. The van der Waals surface area contributed by atoms with E-state index in [1.807, 2.05) is 0 Å². The zero-order valence-corrected chi connectivity index (χ0v) is 12.7. The van der Waals surface area contributed by atoms with E-state index >= 15 is 0 Å². The first-order valence-corrected chi connectivity index (χ1v) is 8.41. The Morgan fingerprint density at radius 2 is 1.90 bits per heavy atom. The number of benzene rings is 1. The van der Waals surface area contributed by atoms with Gasteiger partial charge in [0.1, 0.15) is 0 Å². The number of hydrogen-bond acceptors (Lipinski definition) is 2. The molecule has 2 aliphatic rings. The molecule has 1 aromatic carbocycles. The summed E-state index contributed by atoms with van der Waals surface area (Å²) >= 11 is 0. The van der Waals surface area contributed by atoms with Crippen LogP contribution in [0.5, 0.6) is 0 Å². The highest BCUT2D eigenvalue weighted by atomic mass is 15.2. The van der Waals surface area contributed by atoms with Gasteiger partial charge in [0.25, 0.3) is 0 Å². The molecule has 2 fully saturated rings. The SMILES string of the molecule is CCC(c1ccccc1)N1CCC(C2CCCN2)CC1. The van der Waals surface area contributed by atoms with Gasteiger partial charge in [-0.2, -0.15) is 0 Å². The quantitative estimate of drug-likeness (QED) is 0.901. The molecule has 2 heteroatoms. The standard InChI is InChI=1S/C18H28N2/c1-2-18(16-7-4-3-5-8-16)20-13-10-15(11-14-20)17-9-6-12-19-17/h3-5,7-8,15,17-19H,2,6,9-14H2,1H3. The number of rotatable bonds is 4. The van der Waals surface area contributed by atoms with Crippen molar-refractivity contribution < 1.29 is 0 Å². The van der Waals surface area contributed by atoms with Crippen LogP contribution in [0.2, 0.25) is 0 Å². The smallest absolute Gasteiger partial charge is 0.0345 e. The van der Waals surface area contributed by atoms with Gasteiger partial charge in [0, 0.05) is 12.1 Å². The second kappa shape index (κ2) is 6.73. The van der Waals surface area contributed by atoms with Crippen molar-refractivity contribution >= 4 is 0 Å². The molecule has 1 aromatic rings. The Morgan fingerprint density at radius 1 is 1.15 bits per heavy atom. The predicted octanol–water partition coefficient (Wildman–Crippen LogP) is 3.60. The summed E-state index contributed by atoms with van der Waals surface area (Å²) in [5.41, 5.74) is 1.49. The van der Waals surface area contributed by atoms with Gasteiger partial charge in [-0.25, -0.2) is 0 Å². The minimum Gasteiger partial charge on any atom is -0.314 e. The van der Waals surface area contributed by atoms with Crippen molar-refractivity contribution in [1.29, 1.82) is 0 Å². The molecule has 0 amide bonds. The molecular weight excluding hydrogens is 244 g/mol. The van der Waals surface area contributed by atoms with E-state index in [4.69, 9.17) is 0 Å². The summed E-state index contributed by atoms with van der Waals surface area (Å²) in [5, 5.41) is 3.70. The number of nitrogens with one attached hydrogen (secondary N) is 1. The van der Waals surface area contributed by atoms with Gasteiger partial charge in [-0.15, -0.1) is 0 Å². The van der Waals surface area contributed by atoms with Crippen LogP contribution in [0.1, 0.15) is 50.6 Å². The first kappa shape index (κ1) is 14.1. The Kier molecular flexibility index (Phi) is 4.74. The molecule has 0 aliphatic carbocycles. The van der Waals surface area contributed by atoms with Gasteiger partial charge in [-0.05, 0) is 63.2 Å². The van der Waals surface area contributed by atoms with E-state index in [0.29, 0.717) is 6.04 Å². The number of piperidine rings is 1. The van der Waals surface area contributed by atoms with Gasteiger partial charge in [0.2, 0.25) is 0 Å². The summed E-state index contributed by atoms with van der Waals surface area (Å²) in [6, 6.07) is 12.5. The van der Waals surface area contributed by atoms with E-state index in [-0.39, 0.29) is 0 Å². The minimum absolute atomic E-state index is 0.619. The average molecular weight is 272 g/mol. The van der Waals surface area contributed by atoms with Gasteiger partial charge < -0.3 is 5.32 Å². The molecule has 110 valence electrons. The van der Waals surface area contributed by atoms with Crippen molar-refractivity contribution in [3.63, 3.8) is 0 Å². The summed E-state index contributed by atoms with van der Waals surface area (Å²) in [6.07, 6.45) is 6.76. The Balaban J connectivity index is 1.59. The van der Waals surface area contributed by atoms with Crippen LogP contribution in [0.3, 0.4) is 0 Å². The van der Waals surface area contributed by atoms with Crippen LogP contribution in [-0.2, 0) is 0 Å². The van der Waals surface area contributed by atoms with E-state index in [0.717, 1.165) is 12.0 Å². The van der Waals surface area contributed by atoms with Crippen molar-refractivity contribution in [3.8, 4) is 0 Å². The highest BCUT2D eigenvalue weighted by Gasteiger charge is 2.30. The van der Waals surface area contributed by atoms with Crippen LogP contribution >= 0.6 is 0 Å². The van der Waals surface area contributed by atoms with Gasteiger partial charge >= 0.3 is 0 Å².